The van der Waals surface area contributed by atoms with Crippen LogP contribution in [0.1, 0.15) is 67.6 Å². The van der Waals surface area contributed by atoms with Gasteiger partial charge in [0.2, 0.25) is 0 Å². The monoisotopic (exact) mass is 510 g/mol. The van der Waals surface area contributed by atoms with Crippen LogP contribution in [0.15, 0.2) is 35.2 Å². The van der Waals surface area contributed by atoms with Crippen molar-refractivity contribution in [2.45, 2.75) is 57.5 Å². The first-order valence-electron chi connectivity index (χ1n) is 11.3. The maximum absolute atomic E-state index is 14.6. The van der Waals surface area contributed by atoms with Gasteiger partial charge in [-0.15, -0.1) is 0 Å². The van der Waals surface area contributed by atoms with Gasteiger partial charge in [0.1, 0.15) is 5.75 Å². The fraction of sp³-hybridized carbons (Fsp3) is 0.440. The number of phenols is 1. The number of halogens is 1. The number of sulfone groups is 1. The van der Waals surface area contributed by atoms with Crippen molar-refractivity contribution < 1.29 is 42.5 Å². The van der Waals surface area contributed by atoms with E-state index < -0.39 is 39.4 Å². The first-order chi connectivity index (χ1) is 16.4. The number of carboxylic acid groups (broad SMARTS) is 1. The zero-order valence-electron chi connectivity index (χ0n) is 20.0. The van der Waals surface area contributed by atoms with Crippen molar-refractivity contribution in [2.75, 3.05) is 12.4 Å². The zero-order chi connectivity index (χ0) is 26.3. The molecule has 2 aromatic carbocycles. The van der Waals surface area contributed by atoms with Crippen molar-refractivity contribution >= 4 is 21.6 Å². The molecule has 0 fully saturated rings. The Hall–Kier alpha value is -2.98. The molecule has 2 aromatic rings. The molecule has 0 aromatic heterocycles. The SMILES string of the molecule is CCCc1c(O)c(C(C)=O)cc(F)c1OCCCS(=O)(=O)c1ccc(C(O)[C@@H](C)CC(=O)O)cc1. The van der Waals surface area contributed by atoms with Gasteiger partial charge in [-0.1, -0.05) is 32.4 Å². The van der Waals surface area contributed by atoms with Gasteiger partial charge >= 0.3 is 5.97 Å². The van der Waals surface area contributed by atoms with Crippen molar-refractivity contribution in [1.29, 1.82) is 0 Å². The van der Waals surface area contributed by atoms with E-state index in [4.69, 9.17) is 9.84 Å². The van der Waals surface area contributed by atoms with Crippen molar-refractivity contribution in [3.05, 3.63) is 52.8 Å². The Bertz CT molecular complexity index is 1160. The van der Waals surface area contributed by atoms with Crippen molar-refractivity contribution in [3.8, 4) is 11.5 Å². The molecule has 2 rings (SSSR count). The molecule has 2 atom stereocenters. The van der Waals surface area contributed by atoms with Crippen molar-refractivity contribution in [3.63, 3.8) is 0 Å². The summed E-state index contributed by atoms with van der Waals surface area (Å²) >= 11 is 0. The largest absolute Gasteiger partial charge is 0.507 e. The Balaban J connectivity index is 2.06. The van der Waals surface area contributed by atoms with E-state index in [0.717, 1.165) is 6.07 Å². The minimum Gasteiger partial charge on any atom is -0.507 e. The lowest BCUT2D eigenvalue weighted by molar-refractivity contribution is -0.139. The molecule has 35 heavy (non-hydrogen) atoms. The summed E-state index contributed by atoms with van der Waals surface area (Å²) in [5.41, 5.74) is 0.451. The molecule has 0 bridgehead atoms. The third-order valence-electron chi connectivity index (χ3n) is 5.60. The standard InChI is InChI=1S/C25H31FO8S/c1-4-6-19-24(31)20(16(3)27)14-21(26)25(19)34-11-5-12-35(32,33)18-9-7-17(8-10-18)23(30)15(2)13-22(28)29/h7-10,14-15,23,30-31H,4-6,11-13H2,1-3H3,(H,28,29)/t15-,23?/m0/s1. The van der Waals surface area contributed by atoms with Gasteiger partial charge in [-0.05, 0) is 49.4 Å². The lowest BCUT2D eigenvalue weighted by atomic mass is 9.95. The molecule has 0 aliphatic carbocycles. The molecular weight excluding hydrogens is 479 g/mol. The molecule has 1 unspecified atom stereocenters. The summed E-state index contributed by atoms with van der Waals surface area (Å²) in [4.78, 5) is 22.5. The number of hydrogen-bond acceptors (Lipinski definition) is 7. The molecule has 8 nitrogen and oxygen atoms in total. The minimum atomic E-state index is -3.70. The topological polar surface area (TPSA) is 138 Å². The predicted molar refractivity (Wildman–Crippen MR) is 127 cm³/mol. The van der Waals surface area contributed by atoms with Gasteiger partial charge in [0.25, 0.3) is 0 Å². The second kappa shape index (κ2) is 12.1. The Morgan fingerprint density at radius 2 is 1.80 bits per heavy atom. The molecular formula is C25H31FO8S. The van der Waals surface area contributed by atoms with Crippen LogP contribution < -0.4 is 4.74 Å². The van der Waals surface area contributed by atoms with E-state index in [-0.39, 0.29) is 59.1 Å². The molecule has 0 saturated carbocycles. The van der Waals surface area contributed by atoms with E-state index in [2.05, 4.69) is 0 Å². The summed E-state index contributed by atoms with van der Waals surface area (Å²) < 4.78 is 45.4. The molecule has 0 aliphatic rings. The highest BCUT2D eigenvalue weighted by atomic mass is 32.2. The number of Topliss-reactive ketones (excluding diaryl/α,β-unsaturated/α-hetero) is 1. The molecule has 0 amide bonds. The highest BCUT2D eigenvalue weighted by Gasteiger charge is 2.23. The molecule has 0 aliphatic heterocycles. The third-order valence-corrected chi connectivity index (χ3v) is 7.42. The molecule has 0 heterocycles. The first-order valence-corrected chi connectivity index (χ1v) is 12.9. The number of ketones is 1. The van der Waals surface area contributed by atoms with Gasteiger partial charge in [-0.2, -0.15) is 0 Å². The fourth-order valence-corrected chi connectivity index (χ4v) is 4.99. The van der Waals surface area contributed by atoms with Crippen LogP contribution in [0.5, 0.6) is 11.5 Å². The van der Waals surface area contributed by atoms with Crippen molar-refractivity contribution in [2.24, 2.45) is 5.92 Å². The van der Waals surface area contributed by atoms with E-state index in [1.165, 1.54) is 31.2 Å². The predicted octanol–water partition coefficient (Wildman–Crippen LogP) is 4.07. The van der Waals surface area contributed by atoms with Crippen LogP contribution in [0.2, 0.25) is 0 Å². The van der Waals surface area contributed by atoms with Crippen molar-refractivity contribution in [1.82, 2.24) is 0 Å². The number of aliphatic hydroxyl groups excluding tert-OH is 1. The van der Waals surface area contributed by atoms with Gasteiger partial charge in [-0.3, -0.25) is 9.59 Å². The molecule has 0 spiro atoms. The highest BCUT2D eigenvalue weighted by Crippen LogP contribution is 2.36. The van der Waals surface area contributed by atoms with Crippen LogP contribution in [0.4, 0.5) is 4.39 Å². The number of ether oxygens (including phenoxy) is 1. The number of rotatable bonds is 13. The molecule has 0 radical (unpaired) electrons. The highest BCUT2D eigenvalue weighted by molar-refractivity contribution is 7.91. The smallest absolute Gasteiger partial charge is 0.303 e. The van der Waals surface area contributed by atoms with Gasteiger partial charge in [0.05, 0.1) is 35.3 Å². The average Bonchev–Trinajstić information content (AvgIpc) is 2.79. The average molecular weight is 511 g/mol. The number of aliphatic carboxylic acids is 1. The normalized spacial score (nSPS) is 13.3. The number of carboxylic acids is 1. The van der Waals surface area contributed by atoms with E-state index >= 15 is 0 Å². The Morgan fingerprint density at radius 1 is 1.17 bits per heavy atom. The molecule has 3 N–H and O–H groups in total. The third kappa shape index (κ3) is 7.25. The van der Waals surface area contributed by atoms with E-state index in [1.54, 1.807) is 6.92 Å². The van der Waals surface area contributed by atoms with Crippen LogP contribution in [0.25, 0.3) is 0 Å². The number of aliphatic hydroxyl groups is 1. The molecule has 192 valence electrons. The van der Waals surface area contributed by atoms with E-state index in [0.29, 0.717) is 12.0 Å². The Labute approximate surface area is 204 Å². The van der Waals surface area contributed by atoms with Gasteiger partial charge in [-0.25, -0.2) is 12.8 Å². The van der Waals surface area contributed by atoms with Gasteiger partial charge in [0, 0.05) is 5.56 Å². The number of carbonyl (C=O) groups excluding carboxylic acids is 1. The zero-order valence-corrected chi connectivity index (χ0v) is 20.8. The summed E-state index contributed by atoms with van der Waals surface area (Å²) in [5.74, 6) is -3.67. The maximum Gasteiger partial charge on any atom is 0.303 e. The second-order valence-corrected chi connectivity index (χ2v) is 10.6. The Kier molecular flexibility index (Phi) is 9.79. The number of aromatic hydroxyl groups is 1. The van der Waals surface area contributed by atoms with Crippen LogP contribution in [-0.4, -0.2) is 47.8 Å². The minimum absolute atomic E-state index is 0.0284. The van der Waals surface area contributed by atoms with Crippen LogP contribution >= 0.6 is 0 Å². The van der Waals surface area contributed by atoms with Gasteiger partial charge < -0.3 is 20.1 Å². The summed E-state index contributed by atoms with van der Waals surface area (Å²) in [6, 6.07) is 6.49. The first kappa shape index (κ1) is 28.3. The lowest BCUT2D eigenvalue weighted by Crippen LogP contribution is -2.14. The summed E-state index contributed by atoms with van der Waals surface area (Å²) in [6.07, 6.45) is -0.381. The molecule has 0 saturated heterocycles. The maximum atomic E-state index is 14.6. The van der Waals surface area contributed by atoms with Gasteiger partial charge in [0.15, 0.2) is 27.2 Å². The summed E-state index contributed by atoms with van der Waals surface area (Å²) in [5, 5.41) is 29.5. The summed E-state index contributed by atoms with van der Waals surface area (Å²) in [6.45, 7) is 4.51. The second-order valence-electron chi connectivity index (χ2n) is 8.48. The number of carbonyl (C=O) groups is 2. The van der Waals surface area contributed by atoms with Crippen LogP contribution in [0.3, 0.4) is 0 Å². The number of hydrogen-bond donors (Lipinski definition) is 3. The van der Waals surface area contributed by atoms with Crippen LogP contribution in [0, 0.1) is 11.7 Å². The quantitative estimate of drug-likeness (QED) is 0.271. The number of phenolic OH excluding ortho intramolecular Hbond substituents is 1. The molecule has 10 heteroatoms. The fourth-order valence-electron chi connectivity index (χ4n) is 3.71. The number of benzene rings is 2. The van der Waals surface area contributed by atoms with E-state index in [9.17, 15) is 32.6 Å². The Morgan fingerprint density at radius 3 is 2.34 bits per heavy atom. The van der Waals surface area contributed by atoms with Crippen LogP contribution in [-0.2, 0) is 21.1 Å². The lowest BCUT2D eigenvalue weighted by Gasteiger charge is -2.18. The summed E-state index contributed by atoms with van der Waals surface area (Å²) in [7, 11) is -3.70. The van der Waals surface area contributed by atoms with E-state index in [1.807, 2.05) is 6.92 Å².